The van der Waals surface area contributed by atoms with E-state index in [0.29, 0.717) is 11.4 Å². The molecule has 0 radical (unpaired) electrons. The summed E-state index contributed by atoms with van der Waals surface area (Å²) in [6.45, 7) is 4.60. The minimum atomic E-state index is -3.64. The van der Waals surface area contributed by atoms with Crippen molar-refractivity contribution in [2.75, 3.05) is 16.6 Å². The average molecular weight is 305 g/mol. The number of sulfonamides is 1. The van der Waals surface area contributed by atoms with Gasteiger partial charge in [0.25, 0.3) is 10.0 Å². The second-order valence-corrected chi connectivity index (χ2v) is 6.37. The molecule has 21 heavy (non-hydrogen) atoms. The Morgan fingerprint density at radius 1 is 1.14 bits per heavy atom. The Morgan fingerprint density at radius 2 is 1.90 bits per heavy atom. The molecule has 1 aromatic carbocycles. The third-order valence-corrected chi connectivity index (χ3v) is 4.35. The molecular formula is C15H19N3O2S. The highest BCUT2D eigenvalue weighted by Gasteiger charge is 2.18. The fourth-order valence-corrected chi connectivity index (χ4v) is 3.07. The van der Waals surface area contributed by atoms with Crippen molar-refractivity contribution in [3.8, 4) is 0 Å². The molecule has 0 amide bonds. The maximum atomic E-state index is 12.5. The van der Waals surface area contributed by atoms with Crippen molar-refractivity contribution >= 4 is 21.4 Å². The van der Waals surface area contributed by atoms with Crippen molar-refractivity contribution in [2.24, 2.45) is 0 Å². The highest BCUT2D eigenvalue weighted by molar-refractivity contribution is 7.92. The van der Waals surface area contributed by atoms with Gasteiger partial charge in [-0.3, -0.25) is 9.71 Å². The molecule has 2 N–H and O–H groups in total. The van der Waals surface area contributed by atoms with Gasteiger partial charge in [0, 0.05) is 12.2 Å². The van der Waals surface area contributed by atoms with Gasteiger partial charge in [-0.1, -0.05) is 19.1 Å². The maximum Gasteiger partial charge on any atom is 0.264 e. The lowest BCUT2D eigenvalue weighted by Gasteiger charge is -2.13. The summed E-state index contributed by atoms with van der Waals surface area (Å²) >= 11 is 0. The van der Waals surface area contributed by atoms with E-state index in [2.05, 4.69) is 15.0 Å². The summed E-state index contributed by atoms with van der Waals surface area (Å²) in [6.07, 6.45) is 2.43. The van der Waals surface area contributed by atoms with Crippen LogP contribution in [0.3, 0.4) is 0 Å². The van der Waals surface area contributed by atoms with Crippen LogP contribution in [0.5, 0.6) is 0 Å². The summed E-state index contributed by atoms with van der Waals surface area (Å²) in [5.41, 5.74) is 1.89. The highest BCUT2D eigenvalue weighted by Crippen LogP contribution is 2.23. The number of hydrogen-bond acceptors (Lipinski definition) is 4. The first-order chi connectivity index (χ1) is 10.0. The molecule has 0 atom stereocenters. The van der Waals surface area contributed by atoms with Crippen LogP contribution in [0, 0.1) is 6.92 Å². The Kier molecular flexibility index (Phi) is 4.80. The molecule has 5 nitrogen and oxygen atoms in total. The van der Waals surface area contributed by atoms with Gasteiger partial charge in [-0.05, 0) is 37.6 Å². The summed E-state index contributed by atoms with van der Waals surface area (Å²) in [5.74, 6) is 0. The first-order valence-corrected chi connectivity index (χ1v) is 8.29. The van der Waals surface area contributed by atoms with Crippen LogP contribution in [0.2, 0.25) is 0 Å². The SMILES string of the molecule is CCCNc1ccccc1S(=O)(=O)Nc1ccc(C)nc1. The molecule has 2 aromatic rings. The quantitative estimate of drug-likeness (QED) is 0.860. The topological polar surface area (TPSA) is 71.1 Å². The number of hydrogen-bond donors (Lipinski definition) is 2. The number of nitrogens with zero attached hydrogens (tertiary/aromatic N) is 1. The molecule has 0 spiro atoms. The monoisotopic (exact) mass is 305 g/mol. The second-order valence-electron chi connectivity index (χ2n) is 4.72. The lowest BCUT2D eigenvalue weighted by molar-refractivity contribution is 0.601. The van der Waals surface area contributed by atoms with E-state index in [1.54, 1.807) is 30.3 Å². The van der Waals surface area contributed by atoms with Gasteiger partial charge >= 0.3 is 0 Å². The summed E-state index contributed by atoms with van der Waals surface area (Å²) < 4.78 is 27.5. The highest BCUT2D eigenvalue weighted by atomic mass is 32.2. The first kappa shape index (κ1) is 15.3. The summed E-state index contributed by atoms with van der Waals surface area (Å²) in [5, 5.41) is 3.13. The molecule has 6 heteroatoms. The van der Waals surface area contributed by atoms with Gasteiger partial charge in [-0.25, -0.2) is 8.42 Å². The number of aryl methyl sites for hydroxylation is 1. The fourth-order valence-electron chi connectivity index (χ4n) is 1.84. The Labute approximate surface area is 125 Å². The standard InChI is InChI=1S/C15H19N3O2S/c1-3-10-16-14-6-4-5-7-15(14)21(19,20)18-13-9-8-12(2)17-11-13/h4-9,11,16,18H,3,10H2,1-2H3. The van der Waals surface area contributed by atoms with Gasteiger partial charge in [0.1, 0.15) is 4.90 Å². The number of anilines is 2. The van der Waals surface area contributed by atoms with Crippen molar-refractivity contribution in [1.29, 1.82) is 0 Å². The van der Waals surface area contributed by atoms with Gasteiger partial charge in [0.2, 0.25) is 0 Å². The van der Waals surface area contributed by atoms with Crippen LogP contribution in [-0.4, -0.2) is 19.9 Å². The molecule has 0 fully saturated rings. The molecule has 0 aliphatic carbocycles. The van der Waals surface area contributed by atoms with E-state index in [1.807, 2.05) is 19.9 Å². The van der Waals surface area contributed by atoms with Gasteiger partial charge in [0.05, 0.1) is 17.6 Å². The average Bonchev–Trinajstić information content (AvgIpc) is 2.47. The van der Waals surface area contributed by atoms with E-state index in [0.717, 1.165) is 18.7 Å². The van der Waals surface area contributed by atoms with Crippen molar-refractivity contribution < 1.29 is 8.42 Å². The van der Waals surface area contributed by atoms with Crippen LogP contribution in [0.4, 0.5) is 11.4 Å². The zero-order chi connectivity index (χ0) is 15.3. The Morgan fingerprint density at radius 3 is 2.57 bits per heavy atom. The molecule has 0 aliphatic rings. The van der Waals surface area contributed by atoms with Crippen LogP contribution in [0.1, 0.15) is 19.0 Å². The smallest absolute Gasteiger partial charge is 0.264 e. The maximum absolute atomic E-state index is 12.5. The Balaban J connectivity index is 2.29. The van der Waals surface area contributed by atoms with E-state index in [-0.39, 0.29) is 4.90 Å². The van der Waals surface area contributed by atoms with E-state index in [9.17, 15) is 8.42 Å². The predicted octanol–water partition coefficient (Wildman–Crippen LogP) is 3.01. The molecule has 0 aliphatic heterocycles. The van der Waals surface area contributed by atoms with Crippen molar-refractivity contribution in [1.82, 2.24) is 4.98 Å². The lowest BCUT2D eigenvalue weighted by atomic mass is 10.3. The molecule has 2 rings (SSSR count). The molecule has 0 saturated heterocycles. The number of aromatic nitrogens is 1. The van der Waals surface area contributed by atoms with Crippen LogP contribution < -0.4 is 10.0 Å². The number of nitrogens with one attached hydrogen (secondary N) is 2. The molecular weight excluding hydrogens is 286 g/mol. The van der Waals surface area contributed by atoms with Crippen LogP contribution in [0.15, 0.2) is 47.5 Å². The van der Waals surface area contributed by atoms with Crippen LogP contribution in [-0.2, 0) is 10.0 Å². The molecule has 0 unspecified atom stereocenters. The zero-order valence-electron chi connectivity index (χ0n) is 12.1. The minimum absolute atomic E-state index is 0.235. The molecule has 0 bridgehead atoms. The predicted molar refractivity (Wildman–Crippen MR) is 85.0 cm³/mol. The normalized spacial score (nSPS) is 11.1. The number of para-hydroxylation sites is 1. The lowest BCUT2D eigenvalue weighted by Crippen LogP contribution is -2.15. The van der Waals surface area contributed by atoms with E-state index in [4.69, 9.17) is 0 Å². The van der Waals surface area contributed by atoms with Crippen LogP contribution in [0.25, 0.3) is 0 Å². The summed E-state index contributed by atoms with van der Waals surface area (Å²) in [6, 6.07) is 10.3. The third kappa shape index (κ3) is 3.95. The van der Waals surface area contributed by atoms with Gasteiger partial charge < -0.3 is 5.32 Å². The molecule has 112 valence electrons. The molecule has 1 aromatic heterocycles. The number of benzene rings is 1. The fraction of sp³-hybridized carbons (Fsp3) is 0.267. The van der Waals surface area contributed by atoms with Crippen LogP contribution >= 0.6 is 0 Å². The Bertz CT molecular complexity index is 697. The van der Waals surface area contributed by atoms with E-state index < -0.39 is 10.0 Å². The first-order valence-electron chi connectivity index (χ1n) is 6.81. The van der Waals surface area contributed by atoms with Gasteiger partial charge in [-0.2, -0.15) is 0 Å². The number of rotatable bonds is 6. The summed E-state index contributed by atoms with van der Waals surface area (Å²) in [7, 11) is -3.64. The summed E-state index contributed by atoms with van der Waals surface area (Å²) in [4.78, 5) is 4.32. The van der Waals surface area contributed by atoms with Crippen molar-refractivity contribution in [2.45, 2.75) is 25.2 Å². The van der Waals surface area contributed by atoms with E-state index in [1.165, 1.54) is 6.20 Å². The largest absolute Gasteiger partial charge is 0.384 e. The third-order valence-electron chi connectivity index (χ3n) is 2.91. The van der Waals surface area contributed by atoms with Gasteiger partial charge in [-0.15, -0.1) is 0 Å². The van der Waals surface area contributed by atoms with Crippen molar-refractivity contribution in [3.05, 3.63) is 48.3 Å². The second kappa shape index (κ2) is 6.58. The number of pyridine rings is 1. The van der Waals surface area contributed by atoms with E-state index >= 15 is 0 Å². The molecule has 1 heterocycles. The van der Waals surface area contributed by atoms with Gasteiger partial charge in [0.15, 0.2) is 0 Å². The minimum Gasteiger partial charge on any atom is -0.384 e. The molecule has 0 saturated carbocycles. The Hall–Kier alpha value is -2.08. The zero-order valence-corrected chi connectivity index (χ0v) is 12.9. The van der Waals surface area contributed by atoms with Crippen molar-refractivity contribution in [3.63, 3.8) is 0 Å².